The quantitative estimate of drug-likeness (QED) is 0.559. The van der Waals surface area contributed by atoms with E-state index in [0.29, 0.717) is 0 Å². The summed E-state index contributed by atoms with van der Waals surface area (Å²) in [5, 5.41) is 8.46. The van der Waals surface area contributed by atoms with Gasteiger partial charge in [0.05, 0.1) is 6.07 Å². The highest BCUT2D eigenvalue weighted by Crippen LogP contribution is 1.97. The van der Waals surface area contributed by atoms with Gasteiger partial charge in [0.2, 0.25) is 0 Å². The first-order valence-electron chi connectivity index (χ1n) is 3.06. The molecule has 1 unspecified atom stereocenters. The van der Waals surface area contributed by atoms with Crippen molar-refractivity contribution in [1.82, 2.24) is 4.90 Å². The first-order chi connectivity index (χ1) is 5.26. The molecule has 0 saturated carbocycles. The van der Waals surface area contributed by atoms with Crippen molar-refractivity contribution < 1.29 is 0 Å². The van der Waals surface area contributed by atoms with E-state index >= 15 is 0 Å². The number of nitriles is 1. The maximum Gasteiger partial charge on any atom is 0.277 e. The third kappa shape index (κ3) is 3.20. The Balaban J connectivity index is 4.04. The third-order valence-electron chi connectivity index (χ3n) is 1.24. The molecule has 0 amide bonds. The van der Waals surface area contributed by atoms with Gasteiger partial charge in [-0.2, -0.15) is 10.2 Å². The first-order valence-corrected chi connectivity index (χ1v) is 3.06. The van der Waals surface area contributed by atoms with Crippen molar-refractivity contribution in [3.8, 4) is 6.07 Å². The van der Waals surface area contributed by atoms with Gasteiger partial charge in [-0.25, -0.2) is 13.1 Å². The highest BCUT2D eigenvalue weighted by molar-refractivity contribution is 4.89. The van der Waals surface area contributed by atoms with Gasteiger partial charge in [0.25, 0.3) is 13.3 Å². The molecule has 1 atom stereocenters. The Morgan fingerprint density at radius 1 is 1.45 bits per heavy atom. The normalized spacial score (nSPS) is 11.2. The summed E-state index contributed by atoms with van der Waals surface area (Å²) in [4.78, 5) is 7.72. The predicted octanol–water partition coefficient (Wildman–Crippen LogP) is 0.954. The van der Waals surface area contributed by atoms with Crippen LogP contribution in [0.1, 0.15) is 6.92 Å². The van der Waals surface area contributed by atoms with Crippen LogP contribution in [-0.4, -0.2) is 24.3 Å². The Kier molecular flexibility index (Phi) is 4.49. The smallest absolute Gasteiger partial charge is 0.277 e. The van der Waals surface area contributed by atoms with E-state index in [-0.39, 0.29) is 19.4 Å². The van der Waals surface area contributed by atoms with Crippen LogP contribution in [0.3, 0.4) is 0 Å². The molecule has 11 heavy (non-hydrogen) atoms. The van der Waals surface area contributed by atoms with E-state index in [0.717, 1.165) is 0 Å². The molecule has 0 radical (unpaired) electrons. The van der Waals surface area contributed by atoms with E-state index in [2.05, 4.69) is 9.69 Å². The molecule has 0 heterocycles. The Hall–Kier alpha value is -1.57. The number of hydrogen-bond donors (Lipinski definition) is 0. The Morgan fingerprint density at radius 3 is 2.18 bits per heavy atom. The van der Waals surface area contributed by atoms with Crippen molar-refractivity contribution in [3.05, 3.63) is 22.8 Å². The van der Waals surface area contributed by atoms with Gasteiger partial charge in [-0.1, -0.05) is 0 Å². The van der Waals surface area contributed by atoms with Crippen molar-refractivity contribution in [2.45, 2.75) is 13.0 Å². The largest absolute Gasteiger partial charge is 0.299 e. The minimum absolute atomic E-state index is 0.122. The summed E-state index contributed by atoms with van der Waals surface area (Å²) in [6.45, 7) is 15.0. The van der Waals surface area contributed by atoms with Gasteiger partial charge in [0.1, 0.15) is 6.04 Å². The second kappa shape index (κ2) is 5.23. The van der Waals surface area contributed by atoms with Gasteiger partial charge in [0, 0.05) is 0 Å². The van der Waals surface area contributed by atoms with Gasteiger partial charge >= 0.3 is 0 Å². The summed E-state index contributed by atoms with van der Waals surface area (Å²) in [5.74, 6) is 0. The van der Waals surface area contributed by atoms with Gasteiger partial charge in [-0.05, 0) is 6.92 Å². The molecule has 4 heteroatoms. The van der Waals surface area contributed by atoms with Gasteiger partial charge < -0.3 is 0 Å². The molecular formula is C7H8N4. The minimum Gasteiger partial charge on any atom is -0.299 e. The SMILES string of the molecule is [C-]#[N+]CN(C[N+]#[C-])C(C)C#N. The molecule has 0 saturated heterocycles. The lowest BCUT2D eigenvalue weighted by molar-refractivity contribution is 0.300. The standard InChI is InChI=1S/C7H8N4/c1-7(4-8)11(5-9-2)6-10-3/h7H,5-6H2,1H3. The molecule has 0 bridgehead atoms. The van der Waals surface area contributed by atoms with Crippen LogP contribution in [-0.2, 0) is 0 Å². The van der Waals surface area contributed by atoms with Crippen molar-refractivity contribution in [3.63, 3.8) is 0 Å². The molecule has 0 rings (SSSR count). The van der Waals surface area contributed by atoms with E-state index in [9.17, 15) is 0 Å². The van der Waals surface area contributed by atoms with Gasteiger partial charge in [-0.3, -0.25) is 9.69 Å². The maximum atomic E-state index is 8.46. The zero-order valence-electron chi connectivity index (χ0n) is 6.28. The fraction of sp³-hybridized carbons (Fsp3) is 0.571. The number of nitrogens with zero attached hydrogens (tertiary/aromatic N) is 4. The fourth-order valence-electron chi connectivity index (χ4n) is 0.553. The number of rotatable bonds is 3. The molecule has 0 aromatic heterocycles. The summed E-state index contributed by atoms with van der Waals surface area (Å²) < 4.78 is 0. The lowest BCUT2D eigenvalue weighted by Gasteiger charge is -2.10. The fourth-order valence-corrected chi connectivity index (χ4v) is 0.553. The minimum atomic E-state index is -0.349. The Labute approximate surface area is 66.3 Å². The molecule has 0 aliphatic rings. The maximum absolute atomic E-state index is 8.46. The van der Waals surface area contributed by atoms with Crippen LogP contribution in [0.4, 0.5) is 0 Å². The second-order valence-electron chi connectivity index (χ2n) is 1.99. The summed E-state index contributed by atoms with van der Waals surface area (Å²) in [5.41, 5.74) is 0. The van der Waals surface area contributed by atoms with Gasteiger partial charge in [-0.15, -0.1) is 0 Å². The monoisotopic (exact) mass is 148 g/mol. The average Bonchev–Trinajstić information content (AvgIpc) is 2.03. The van der Waals surface area contributed by atoms with Crippen LogP contribution in [0, 0.1) is 24.5 Å². The Morgan fingerprint density at radius 2 is 1.91 bits per heavy atom. The molecule has 56 valence electrons. The van der Waals surface area contributed by atoms with E-state index in [4.69, 9.17) is 18.4 Å². The van der Waals surface area contributed by atoms with Crippen LogP contribution in [0.25, 0.3) is 9.69 Å². The molecule has 0 aromatic carbocycles. The molecule has 0 aromatic rings. The zero-order chi connectivity index (χ0) is 8.69. The summed E-state index contributed by atoms with van der Waals surface area (Å²) >= 11 is 0. The topological polar surface area (TPSA) is 35.8 Å². The highest BCUT2D eigenvalue weighted by Gasteiger charge is 2.16. The molecule has 0 N–H and O–H groups in total. The molecule has 0 aliphatic carbocycles. The lowest BCUT2D eigenvalue weighted by atomic mass is 10.3. The Bertz CT molecular complexity index is 210. The van der Waals surface area contributed by atoms with E-state index in [1.165, 1.54) is 4.90 Å². The van der Waals surface area contributed by atoms with Crippen LogP contribution >= 0.6 is 0 Å². The second-order valence-corrected chi connectivity index (χ2v) is 1.99. The first kappa shape index (κ1) is 9.43. The van der Waals surface area contributed by atoms with Crippen LogP contribution in [0.15, 0.2) is 0 Å². The molecule has 4 nitrogen and oxygen atoms in total. The molecule has 0 fully saturated rings. The third-order valence-corrected chi connectivity index (χ3v) is 1.24. The van der Waals surface area contributed by atoms with Crippen LogP contribution in [0.2, 0.25) is 0 Å². The van der Waals surface area contributed by atoms with E-state index in [1.54, 1.807) is 6.92 Å². The summed E-state index contributed by atoms with van der Waals surface area (Å²) in [6.07, 6.45) is 0. The average molecular weight is 148 g/mol. The van der Waals surface area contributed by atoms with Crippen LogP contribution < -0.4 is 0 Å². The van der Waals surface area contributed by atoms with Crippen molar-refractivity contribution in [2.24, 2.45) is 0 Å². The number of hydrogen-bond acceptors (Lipinski definition) is 2. The zero-order valence-corrected chi connectivity index (χ0v) is 6.28. The van der Waals surface area contributed by atoms with Crippen molar-refractivity contribution in [1.29, 1.82) is 5.26 Å². The lowest BCUT2D eigenvalue weighted by Crippen LogP contribution is -2.31. The van der Waals surface area contributed by atoms with Crippen molar-refractivity contribution in [2.75, 3.05) is 13.3 Å². The molecule has 0 aliphatic heterocycles. The summed E-state index contributed by atoms with van der Waals surface area (Å²) in [6, 6.07) is 1.62. The van der Waals surface area contributed by atoms with E-state index in [1.807, 2.05) is 6.07 Å². The predicted molar refractivity (Wildman–Crippen MR) is 39.9 cm³/mol. The summed E-state index contributed by atoms with van der Waals surface area (Å²) in [7, 11) is 0. The van der Waals surface area contributed by atoms with Gasteiger partial charge in [0.15, 0.2) is 0 Å². The van der Waals surface area contributed by atoms with Crippen LogP contribution in [0.5, 0.6) is 0 Å². The molecule has 0 spiro atoms. The highest BCUT2D eigenvalue weighted by atomic mass is 15.2. The molecular weight excluding hydrogens is 140 g/mol. The van der Waals surface area contributed by atoms with Crippen molar-refractivity contribution >= 4 is 0 Å². The van der Waals surface area contributed by atoms with E-state index < -0.39 is 0 Å².